The summed E-state index contributed by atoms with van der Waals surface area (Å²) in [6.45, 7) is 0.393. The lowest BCUT2D eigenvalue weighted by molar-refractivity contribution is -0.140. The average molecular weight is 470 g/mol. The van der Waals surface area contributed by atoms with Gasteiger partial charge < -0.3 is 15.4 Å². The summed E-state index contributed by atoms with van der Waals surface area (Å²) >= 11 is 5.80. The number of benzene rings is 2. The Morgan fingerprint density at radius 1 is 1.06 bits per heavy atom. The molecular weight excluding hydrogens is 449 g/mol. The number of carbonyl (C=O) groups excluding carboxylic acids is 2. The van der Waals surface area contributed by atoms with Crippen LogP contribution in [0.15, 0.2) is 53.4 Å². The molecule has 31 heavy (non-hydrogen) atoms. The Morgan fingerprint density at radius 3 is 2.39 bits per heavy atom. The summed E-state index contributed by atoms with van der Waals surface area (Å²) < 4.78 is 45.5. The normalized spacial score (nSPS) is 17.2. The molecular formula is C20H21ClFN3O5S. The van der Waals surface area contributed by atoms with Gasteiger partial charge in [-0.3, -0.25) is 9.59 Å². The zero-order valence-electron chi connectivity index (χ0n) is 16.4. The fourth-order valence-corrected chi connectivity index (χ4v) is 4.66. The van der Waals surface area contributed by atoms with Gasteiger partial charge in [-0.05, 0) is 48.4 Å². The maximum atomic E-state index is 13.1. The molecule has 166 valence electrons. The van der Waals surface area contributed by atoms with Crippen LogP contribution in [0.1, 0.15) is 12.0 Å². The van der Waals surface area contributed by atoms with E-state index in [1.54, 1.807) is 24.3 Å². The molecule has 2 amide bonds. The van der Waals surface area contributed by atoms with E-state index >= 15 is 0 Å². The van der Waals surface area contributed by atoms with Gasteiger partial charge in [-0.2, -0.15) is 4.31 Å². The predicted molar refractivity (Wildman–Crippen MR) is 111 cm³/mol. The third-order valence-electron chi connectivity index (χ3n) is 4.58. The van der Waals surface area contributed by atoms with Crippen molar-refractivity contribution >= 4 is 33.4 Å². The molecule has 3 rings (SSSR count). The van der Waals surface area contributed by atoms with Crippen molar-refractivity contribution in [3.63, 3.8) is 0 Å². The molecule has 1 aliphatic rings. The van der Waals surface area contributed by atoms with Crippen LogP contribution in [0.5, 0.6) is 0 Å². The van der Waals surface area contributed by atoms with Crippen LogP contribution in [0.4, 0.5) is 4.39 Å². The van der Waals surface area contributed by atoms with Crippen LogP contribution >= 0.6 is 11.6 Å². The van der Waals surface area contributed by atoms with Gasteiger partial charge in [0.15, 0.2) is 0 Å². The topological polar surface area (TPSA) is 105 Å². The second-order valence-electron chi connectivity index (χ2n) is 6.77. The van der Waals surface area contributed by atoms with Crippen LogP contribution in [0, 0.1) is 5.82 Å². The first-order valence-electron chi connectivity index (χ1n) is 9.47. The van der Waals surface area contributed by atoms with Crippen LogP contribution in [0.3, 0.4) is 0 Å². The first-order chi connectivity index (χ1) is 14.8. The summed E-state index contributed by atoms with van der Waals surface area (Å²) in [6.07, 6.45) is -0.524. The zero-order chi connectivity index (χ0) is 22.4. The van der Waals surface area contributed by atoms with Gasteiger partial charge in [-0.15, -0.1) is 0 Å². The number of hydrogen-bond donors (Lipinski definition) is 2. The summed E-state index contributed by atoms with van der Waals surface area (Å²) in [5.74, 6) is -2.33. The standard InChI is InChI=1S/C20H21ClFN3O5S/c21-15-4-2-14(3-5-15)12-23-19(26)20(27)24-13-18-25(10-1-11-30-18)31(28,29)17-8-6-16(22)7-9-17/h2-9,18H,1,10-13H2,(H,23,26)(H,24,27)/t18-/m0/s1. The second-order valence-corrected chi connectivity index (χ2v) is 9.09. The molecule has 0 saturated carbocycles. The fraction of sp³-hybridized carbons (Fsp3) is 0.300. The minimum Gasteiger partial charge on any atom is -0.360 e. The van der Waals surface area contributed by atoms with E-state index in [0.29, 0.717) is 18.1 Å². The highest BCUT2D eigenvalue weighted by molar-refractivity contribution is 7.89. The minimum atomic E-state index is -3.97. The molecule has 0 aliphatic carbocycles. The Balaban J connectivity index is 1.58. The van der Waals surface area contributed by atoms with Crippen LogP contribution in [0.2, 0.25) is 5.02 Å². The van der Waals surface area contributed by atoms with Gasteiger partial charge in [-0.1, -0.05) is 23.7 Å². The first kappa shape index (κ1) is 23.1. The van der Waals surface area contributed by atoms with Gasteiger partial charge >= 0.3 is 11.8 Å². The SMILES string of the molecule is O=C(NCc1ccc(Cl)cc1)C(=O)NC[C@@H]1OCCCN1S(=O)(=O)c1ccc(F)cc1. The van der Waals surface area contributed by atoms with E-state index in [1.165, 1.54) is 12.1 Å². The number of rotatable bonds is 6. The summed E-state index contributed by atoms with van der Waals surface area (Å²) in [7, 11) is -3.97. The lowest BCUT2D eigenvalue weighted by Crippen LogP contribution is -2.53. The van der Waals surface area contributed by atoms with E-state index in [1.807, 2.05) is 0 Å². The Labute approximate surface area is 184 Å². The number of carbonyl (C=O) groups is 2. The largest absolute Gasteiger partial charge is 0.360 e. The van der Waals surface area contributed by atoms with Gasteiger partial charge in [0, 0.05) is 18.1 Å². The van der Waals surface area contributed by atoms with E-state index < -0.39 is 33.9 Å². The number of ether oxygens (including phenoxy) is 1. The number of nitrogens with zero attached hydrogens (tertiary/aromatic N) is 1. The molecule has 2 N–H and O–H groups in total. The Hall–Kier alpha value is -2.53. The van der Waals surface area contributed by atoms with E-state index in [4.69, 9.17) is 16.3 Å². The van der Waals surface area contributed by atoms with Crippen molar-refractivity contribution < 1.29 is 27.1 Å². The van der Waals surface area contributed by atoms with Crippen molar-refractivity contribution in [2.24, 2.45) is 0 Å². The third-order valence-corrected chi connectivity index (χ3v) is 6.74. The molecule has 0 spiro atoms. The van der Waals surface area contributed by atoms with Crippen molar-refractivity contribution in [1.82, 2.24) is 14.9 Å². The number of halogens is 2. The molecule has 0 aromatic heterocycles. The second kappa shape index (κ2) is 10.2. The highest BCUT2D eigenvalue weighted by Crippen LogP contribution is 2.22. The van der Waals surface area contributed by atoms with Gasteiger partial charge in [0.25, 0.3) is 0 Å². The van der Waals surface area contributed by atoms with Gasteiger partial charge in [0.2, 0.25) is 10.0 Å². The third kappa shape index (κ3) is 6.01. The smallest absolute Gasteiger partial charge is 0.309 e. The molecule has 2 aromatic rings. The van der Waals surface area contributed by atoms with E-state index in [9.17, 15) is 22.4 Å². The number of hydrogen-bond acceptors (Lipinski definition) is 5. The Bertz CT molecular complexity index is 1030. The molecule has 8 nitrogen and oxygen atoms in total. The highest BCUT2D eigenvalue weighted by Gasteiger charge is 2.35. The van der Waals surface area contributed by atoms with Crippen LogP contribution in [-0.4, -0.2) is 50.5 Å². The molecule has 0 bridgehead atoms. The first-order valence-corrected chi connectivity index (χ1v) is 11.3. The van der Waals surface area contributed by atoms with Crippen molar-refractivity contribution in [3.8, 4) is 0 Å². The average Bonchev–Trinajstić information content (AvgIpc) is 2.77. The molecule has 2 aromatic carbocycles. The van der Waals surface area contributed by atoms with Crippen molar-refractivity contribution in [3.05, 3.63) is 64.9 Å². The van der Waals surface area contributed by atoms with Crippen LogP contribution in [-0.2, 0) is 30.9 Å². The molecule has 1 saturated heterocycles. The molecule has 1 atom stereocenters. The van der Waals surface area contributed by atoms with Crippen LogP contribution < -0.4 is 10.6 Å². The maximum absolute atomic E-state index is 13.1. The van der Waals surface area contributed by atoms with Gasteiger partial charge in [0.05, 0.1) is 18.0 Å². The predicted octanol–water partition coefficient (Wildman–Crippen LogP) is 1.65. The summed E-state index contributed by atoms with van der Waals surface area (Å²) in [5.41, 5.74) is 0.762. The summed E-state index contributed by atoms with van der Waals surface area (Å²) in [6, 6.07) is 11.2. The van der Waals surface area contributed by atoms with Gasteiger partial charge in [-0.25, -0.2) is 12.8 Å². The van der Waals surface area contributed by atoms with Crippen molar-refractivity contribution in [2.45, 2.75) is 24.1 Å². The monoisotopic (exact) mass is 469 g/mol. The lowest BCUT2D eigenvalue weighted by Gasteiger charge is -2.34. The van der Waals surface area contributed by atoms with E-state index in [-0.39, 0.29) is 24.5 Å². The quantitative estimate of drug-likeness (QED) is 0.626. The fourth-order valence-electron chi connectivity index (χ4n) is 2.97. The minimum absolute atomic E-state index is 0.0866. The number of sulfonamides is 1. The maximum Gasteiger partial charge on any atom is 0.309 e. The van der Waals surface area contributed by atoms with Gasteiger partial charge in [0.1, 0.15) is 12.0 Å². The van der Waals surface area contributed by atoms with E-state index in [0.717, 1.165) is 22.0 Å². The zero-order valence-corrected chi connectivity index (χ0v) is 18.0. The Kier molecular flexibility index (Phi) is 7.60. The van der Waals surface area contributed by atoms with E-state index in [2.05, 4.69) is 10.6 Å². The molecule has 1 heterocycles. The molecule has 1 aliphatic heterocycles. The molecule has 0 unspecified atom stereocenters. The molecule has 11 heteroatoms. The summed E-state index contributed by atoms with van der Waals surface area (Å²) in [4.78, 5) is 24.1. The van der Waals surface area contributed by atoms with Crippen molar-refractivity contribution in [2.75, 3.05) is 19.7 Å². The highest BCUT2D eigenvalue weighted by atomic mass is 35.5. The lowest BCUT2D eigenvalue weighted by atomic mass is 10.2. The summed E-state index contributed by atoms with van der Waals surface area (Å²) in [5, 5.41) is 5.43. The van der Waals surface area contributed by atoms with Crippen LogP contribution in [0.25, 0.3) is 0 Å². The number of amides is 2. The molecule has 1 fully saturated rings. The van der Waals surface area contributed by atoms with Crippen molar-refractivity contribution in [1.29, 1.82) is 0 Å². The molecule has 0 radical (unpaired) electrons. The number of nitrogens with one attached hydrogen (secondary N) is 2. The Morgan fingerprint density at radius 2 is 1.71 bits per heavy atom.